The summed E-state index contributed by atoms with van der Waals surface area (Å²) in [7, 11) is 1.52. The van der Waals surface area contributed by atoms with Crippen molar-refractivity contribution in [2.24, 2.45) is 0 Å². The van der Waals surface area contributed by atoms with Gasteiger partial charge in [0.1, 0.15) is 6.10 Å². The SMILES string of the molecule is CO[C@@]1(C)C[C@@H](O)OC(C)[C@H]1O. The lowest BCUT2D eigenvalue weighted by Crippen LogP contribution is -2.55. The molecule has 12 heavy (non-hydrogen) atoms. The van der Waals surface area contributed by atoms with Crippen molar-refractivity contribution in [3.8, 4) is 0 Å². The van der Waals surface area contributed by atoms with Crippen molar-refractivity contribution in [3.05, 3.63) is 0 Å². The first kappa shape index (κ1) is 9.92. The average molecular weight is 176 g/mol. The fourth-order valence-corrected chi connectivity index (χ4v) is 1.54. The molecule has 1 heterocycles. The Balaban J connectivity index is 2.72. The lowest BCUT2D eigenvalue weighted by Gasteiger charge is -2.42. The van der Waals surface area contributed by atoms with Crippen molar-refractivity contribution < 1.29 is 19.7 Å². The van der Waals surface area contributed by atoms with E-state index in [4.69, 9.17) is 9.47 Å². The van der Waals surface area contributed by atoms with Gasteiger partial charge < -0.3 is 19.7 Å². The van der Waals surface area contributed by atoms with Gasteiger partial charge >= 0.3 is 0 Å². The zero-order chi connectivity index (χ0) is 9.35. The molecule has 4 nitrogen and oxygen atoms in total. The van der Waals surface area contributed by atoms with Gasteiger partial charge in [-0.15, -0.1) is 0 Å². The topological polar surface area (TPSA) is 58.9 Å². The second-order valence-corrected chi connectivity index (χ2v) is 3.46. The van der Waals surface area contributed by atoms with E-state index in [2.05, 4.69) is 0 Å². The number of aliphatic hydroxyl groups excluding tert-OH is 2. The van der Waals surface area contributed by atoms with Crippen LogP contribution in [0.3, 0.4) is 0 Å². The van der Waals surface area contributed by atoms with Crippen molar-refractivity contribution in [1.82, 2.24) is 0 Å². The molecule has 1 saturated heterocycles. The standard InChI is InChI=1S/C8H16O4/c1-5-7(10)8(2,11-3)4-6(9)12-5/h5-7,9-10H,4H2,1-3H3/t5?,6-,7+,8-/m0/s1. The van der Waals surface area contributed by atoms with Crippen LogP contribution < -0.4 is 0 Å². The minimum absolute atomic E-state index is 0.301. The van der Waals surface area contributed by atoms with Crippen LogP contribution in [0.1, 0.15) is 20.3 Å². The summed E-state index contributed by atoms with van der Waals surface area (Å²) in [6.45, 7) is 3.48. The molecule has 0 amide bonds. The van der Waals surface area contributed by atoms with E-state index in [1.165, 1.54) is 7.11 Å². The number of rotatable bonds is 1. The first-order valence-corrected chi connectivity index (χ1v) is 4.06. The van der Waals surface area contributed by atoms with Gasteiger partial charge in [-0.25, -0.2) is 0 Å². The number of methoxy groups -OCH3 is 1. The predicted octanol–water partition coefficient (Wildman–Crippen LogP) is -0.120. The molecule has 4 heteroatoms. The van der Waals surface area contributed by atoms with Crippen LogP contribution in [0.2, 0.25) is 0 Å². The van der Waals surface area contributed by atoms with E-state index in [9.17, 15) is 10.2 Å². The third-order valence-electron chi connectivity index (χ3n) is 2.49. The smallest absolute Gasteiger partial charge is 0.157 e. The summed E-state index contributed by atoms with van der Waals surface area (Å²) in [4.78, 5) is 0. The van der Waals surface area contributed by atoms with Gasteiger partial charge in [-0.2, -0.15) is 0 Å². The Morgan fingerprint density at radius 3 is 2.58 bits per heavy atom. The van der Waals surface area contributed by atoms with Crippen LogP contribution in [-0.2, 0) is 9.47 Å². The fraction of sp³-hybridized carbons (Fsp3) is 1.00. The normalized spacial score (nSPS) is 49.2. The Bertz CT molecular complexity index is 161. The molecule has 0 saturated carbocycles. The fourth-order valence-electron chi connectivity index (χ4n) is 1.54. The Hall–Kier alpha value is -0.160. The minimum atomic E-state index is -0.839. The van der Waals surface area contributed by atoms with E-state index >= 15 is 0 Å². The molecular formula is C8H16O4. The molecule has 0 aromatic heterocycles. The molecule has 2 N–H and O–H groups in total. The van der Waals surface area contributed by atoms with E-state index in [0.29, 0.717) is 6.42 Å². The zero-order valence-electron chi connectivity index (χ0n) is 7.65. The highest BCUT2D eigenvalue weighted by molar-refractivity contribution is 4.91. The Morgan fingerprint density at radius 1 is 1.50 bits per heavy atom. The molecule has 72 valence electrons. The summed E-state index contributed by atoms with van der Waals surface area (Å²) >= 11 is 0. The van der Waals surface area contributed by atoms with Crippen molar-refractivity contribution in [2.75, 3.05) is 7.11 Å². The lowest BCUT2D eigenvalue weighted by molar-refractivity contribution is -0.263. The first-order chi connectivity index (χ1) is 5.49. The van der Waals surface area contributed by atoms with Gasteiger partial charge in [0.25, 0.3) is 0 Å². The monoisotopic (exact) mass is 176 g/mol. The highest BCUT2D eigenvalue weighted by atomic mass is 16.6. The van der Waals surface area contributed by atoms with Crippen LogP contribution in [0, 0.1) is 0 Å². The maximum atomic E-state index is 9.65. The quantitative estimate of drug-likeness (QED) is 0.584. The van der Waals surface area contributed by atoms with Gasteiger partial charge in [-0.05, 0) is 13.8 Å². The van der Waals surface area contributed by atoms with Crippen molar-refractivity contribution in [3.63, 3.8) is 0 Å². The Labute approximate surface area is 72.1 Å². The number of hydrogen-bond acceptors (Lipinski definition) is 4. The molecule has 1 fully saturated rings. The summed E-state index contributed by atoms with van der Waals surface area (Å²) in [6.07, 6.45) is -1.62. The first-order valence-electron chi connectivity index (χ1n) is 4.06. The molecular weight excluding hydrogens is 160 g/mol. The van der Waals surface area contributed by atoms with Gasteiger partial charge in [0.15, 0.2) is 6.29 Å². The number of hydrogen-bond donors (Lipinski definition) is 2. The van der Waals surface area contributed by atoms with E-state index in [-0.39, 0.29) is 0 Å². The van der Waals surface area contributed by atoms with Gasteiger partial charge in [0.2, 0.25) is 0 Å². The molecule has 0 aromatic carbocycles. The van der Waals surface area contributed by atoms with E-state index in [1.807, 2.05) is 0 Å². The van der Waals surface area contributed by atoms with Crippen molar-refractivity contribution >= 4 is 0 Å². The predicted molar refractivity (Wildman–Crippen MR) is 42.6 cm³/mol. The molecule has 1 unspecified atom stereocenters. The molecule has 1 aliphatic heterocycles. The maximum absolute atomic E-state index is 9.65. The van der Waals surface area contributed by atoms with Gasteiger partial charge in [0.05, 0.1) is 11.7 Å². The second kappa shape index (κ2) is 3.30. The van der Waals surface area contributed by atoms with Crippen LogP contribution in [0.25, 0.3) is 0 Å². The van der Waals surface area contributed by atoms with E-state index < -0.39 is 24.1 Å². The second-order valence-electron chi connectivity index (χ2n) is 3.46. The molecule has 1 rings (SSSR count). The molecule has 0 radical (unpaired) electrons. The highest BCUT2D eigenvalue weighted by Crippen LogP contribution is 2.30. The maximum Gasteiger partial charge on any atom is 0.157 e. The highest BCUT2D eigenvalue weighted by Gasteiger charge is 2.44. The third-order valence-corrected chi connectivity index (χ3v) is 2.49. The summed E-state index contributed by atoms with van der Waals surface area (Å²) in [5.41, 5.74) is -0.697. The van der Waals surface area contributed by atoms with Crippen LogP contribution in [0.5, 0.6) is 0 Å². The van der Waals surface area contributed by atoms with Gasteiger partial charge in [-0.3, -0.25) is 0 Å². The summed E-state index contributed by atoms with van der Waals surface area (Å²) in [5, 5.41) is 18.9. The van der Waals surface area contributed by atoms with E-state index in [0.717, 1.165) is 0 Å². The van der Waals surface area contributed by atoms with Gasteiger partial charge in [-0.1, -0.05) is 0 Å². The molecule has 4 atom stereocenters. The largest absolute Gasteiger partial charge is 0.387 e. The average Bonchev–Trinajstić information content (AvgIpc) is 2.00. The minimum Gasteiger partial charge on any atom is -0.387 e. The van der Waals surface area contributed by atoms with Crippen LogP contribution in [-0.4, -0.2) is 41.4 Å². The Kier molecular flexibility index (Phi) is 2.73. The van der Waals surface area contributed by atoms with E-state index in [1.54, 1.807) is 13.8 Å². The zero-order valence-corrected chi connectivity index (χ0v) is 7.65. The van der Waals surface area contributed by atoms with Crippen molar-refractivity contribution in [1.29, 1.82) is 0 Å². The summed E-state index contributed by atoms with van der Waals surface area (Å²) in [5.74, 6) is 0. The van der Waals surface area contributed by atoms with Gasteiger partial charge in [0, 0.05) is 13.5 Å². The molecule has 0 aliphatic carbocycles. The molecule has 0 spiro atoms. The summed E-state index contributed by atoms with van der Waals surface area (Å²) < 4.78 is 10.2. The lowest BCUT2D eigenvalue weighted by atomic mass is 9.89. The molecule has 1 aliphatic rings. The molecule has 0 bridgehead atoms. The number of aliphatic hydroxyl groups is 2. The van der Waals surface area contributed by atoms with Crippen LogP contribution in [0.4, 0.5) is 0 Å². The molecule has 0 aromatic rings. The van der Waals surface area contributed by atoms with Crippen LogP contribution >= 0.6 is 0 Å². The Morgan fingerprint density at radius 2 is 2.08 bits per heavy atom. The summed E-state index contributed by atoms with van der Waals surface area (Å²) in [6, 6.07) is 0. The van der Waals surface area contributed by atoms with Crippen molar-refractivity contribution in [2.45, 2.75) is 44.4 Å². The van der Waals surface area contributed by atoms with Crippen LogP contribution in [0.15, 0.2) is 0 Å². The number of ether oxygens (including phenoxy) is 2. The third kappa shape index (κ3) is 1.61.